The first-order valence-corrected chi connectivity index (χ1v) is 8.43. The third-order valence-electron chi connectivity index (χ3n) is 3.97. The zero-order valence-corrected chi connectivity index (χ0v) is 13.8. The molecule has 0 saturated carbocycles. The molecule has 1 aliphatic heterocycles. The van der Waals surface area contributed by atoms with E-state index in [2.05, 4.69) is 10.1 Å². The number of nitrogens with two attached hydrogens (primary N) is 1. The molecule has 0 aromatic carbocycles. The monoisotopic (exact) mass is 333 g/mol. The highest BCUT2D eigenvalue weighted by Gasteiger charge is 2.26. The van der Waals surface area contributed by atoms with Crippen molar-refractivity contribution in [3.05, 3.63) is 23.5 Å². The second-order valence-corrected chi connectivity index (χ2v) is 6.73. The Morgan fingerprint density at radius 3 is 3.00 bits per heavy atom. The van der Waals surface area contributed by atoms with Crippen molar-refractivity contribution in [2.75, 3.05) is 13.1 Å². The summed E-state index contributed by atoms with van der Waals surface area (Å²) in [5, 5.41) is 6.68. The fourth-order valence-corrected chi connectivity index (χ4v) is 3.67. The van der Waals surface area contributed by atoms with E-state index in [0.29, 0.717) is 25.2 Å². The number of aryl methyl sites for hydroxylation is 1. The summed E-state index contributed by atoms with van der Waals surface area (Å²) in [4.78, 5) is 29.9. The molecule has 0 aliphatic carbocycles. The third kappa shape index (κ3) is 3.58. The van der Waals surface area contributed by atoms with Crippen LogP contribution in [0.1, 0.15) is 29.8 Å². The standard InChI is InChI=1S/C15H19N5O2S/c1-19-8-11(6-17-19)14-18-12(9-23-14)15(22)20-4-2-3-10(7-20)5-13(16)21/h6,8-10H,2-5,7H2,1H3,(H2,16,21). The van der Waals surface area contributed by atoms with Crippen LogP contribution in [0.2, 0.25) is 0 Å². The second-order valence-electron chi connectivity index (χ2n) is 5.87. The van der Waals surface area contributed by atoms with Crippen molar-refractivity contribution in [1.82, 2.24) is 19.7 Å². The van der Waals surface area contributed by atoms with Crippen LogP contribution in [-0.2, 0) is 11.8 Å². The highest BCUT2D eigenvalue weighted by atomic mass is 32.1. The lowest BCUT2D eigenvalue weighted by atomic mass is 9.94. The lowest BCUT2D eigenvalue weighted by Crippen LogP contribution is -2.41. The van der Waals surface area contributed by atoms with Crippen LogP contribution in [-0.4, -0.2) is 44.6 Å². The van der Waals surface area contributed by atoms with E-state index in [1.807, 2.05) is 13.2 Å². The van der Waals surface area contributed by atoms with E-state index >= 15 is 0 Å². The summed E-state index contributed by atoms with van der Waals surface area (Å²) in [5.41, 5.74) is 6.62. The van der Waals surface area contributed by atoms with Crippen LogP contribution in [0.4, 0.5) is 0 Å². The van der Waals surface area contributed by atoms with Crippen LogP contribution in [0, 0.1) is 5.92 Å². The molecular weight excluding hydrogens is 314 g/mol. The Morgan fingerprint density at radius 2 is 2.30 bits per heavy atom. The van der Waals surface area contributed by atoms with Gasteiger partial charge in [0.15, 0.2) is 0 Å². The van der Waals surface area contributed by atoms with Crippen LogP contribution < -0.4 is 5.73 Å². The molecule has 0 bridgehead atoms. The van der Waals surface area contributed by atoms with E-state index in [9.17, 15) is 9.59 Å². The van der Waals surface area contributed by atoms with E-state index < -0.39 is 0 Å². The molecule has 7 nitrogen and oxygen atoms in total. The first-order valence-electron chi connectivity index (χ1n) is 7.55. The molecule has 3 heterocycles. The summed E-state index contributed by atoms with van der Waals surface area (Å²) in [7, 11) is 1.84. The maximum Gasteiger partial charge on any atom is 0.273 e. The molecule has 122 valence electrons. The van der Waals surface area contributed by atoms with E-state index in [1.165, 1.54) is 11.3 Å². The second kappa shape index (κ2) is 6.49. The summed E-state index contributed by atoms with van der Waals surface area (Å²) in [6.07, 6.45) is 5.77. The van der Waals surface area contributed by atoms with Gasteiger partial charge in [-0.1, -0.05) is 0 Å². The Balaban J connectivity index is 1.70. The number of carbonyl (C=O) groups is 2. The average molecular weight is 333 g/mol. The van der Waals surface area contributed by atoms with Gasteiger partial charge in [-0.3, -0.25) is 14.3 Å². The zero-order chi connectivity index (χ0) is 16.4. The molecule has 2 aromatic rings. The Kier molecular flexibility index (Phi) is 4.42. The molecule has 1 fully saturated rings. The average Bonchev–Trinajstić information content (AvgIpc) is 3.15. The largest absolute Gasteiger partial charge is 0.370 e. The van der Waals surface area contributed by atoms with E-state index in [0.717, 1.165) is 23.4 Å². The predicted octanol–water partition coefficient (Wildman–Crippen LogP) is 1.27. The minimum absolute atomic E-state index is 0.0782. The molecule has 0 radical (unpaired) electrons. The van der Waals surface area contributed by atoms with Crippen LogP contribution in [0.15, 0.2) is 17.8 Å². The number of hydrogen-bond acceptors (Lipinski definition) is 5. The Morgan fingerprint density at radius 1 is 1.48 bits per heavy atom. The molecule has 1 atom stereocenters. The summed E-state index contributed by atoms with van der Waals surface area (Å²) in [6, 6.07) is 0. The van der Waals surface area contributed by atoms with E-state index in [-0.39, 0.29) is 17.7 Å². The van der Waals surface area contributed by atoms with Crippen LogP contribution in [0.3, 0.4) is 0 Å². The fourth-order valence-electron chi connectivity index (χ4n) is 2.90. The van der Waals surface area contributed by atoms with Crippen molar-refractivity contribution >= 4 is 23.2 Å². The molecular formula is C15H19N5O2S. The molecule has 1 saturated heterocycles. The first-order chi connectivity index (χ1) is 11.0. The maximum absolute atomic E-state index is 12.6. The van der Waals surface area contributed by atoms with Crippen LogP contribution in [0.5, 0.6) is 0 Å². The molecule has 8 heteroatoms. The van der Waals surface area contributed by atoms with E-state index in [1.54, 1.807) is 21.2 Å². The molecule has 2 N–H and O–H groups in total. The Hall–Kier alpha value is -2.22. The number of carbonyl (C=O) groups excluding carboxylic acids is 2. The Labute approximate surface area is 138 Å². The topological polar surface area (TPSA) is 94.1 Å². The Bertz CT molecular complexity index is 723. The van der Waals surface area contributed by atoms with Crippen LogP contribution in [0.25, 0.3) is 10.6 Å². The van der Waals surface area contributed by atoms with Gasteiger partial charge >= 0.3 is 0 Å². The molecule has 0 spiro atoms. The normalized spacial score (nSPS) is 18.1. The van der Waals surface area contributed by atoms with Crippen molar-refractivity contribution in [1.29, 1.82) is 0 Å². The van der Waals surface area contributed by atoms with Gasteiger partial charge in [-0.15, -0.1) is 11.3 Å². The van der Waals surface area contributed by atoms with Gasteiger partial charge in [0.05, 0.1) is 6.20 Å². The number of likely N-dealkylation sites (tertiary alicyclic amines) is 1. The smallest absolute Gasteiger partial charge is 0.273 e. The quantitative estimate of drug-likeness (QED) is 0.911. The number of nitrogens with zero attached hydrogens (tertiary/aromatic N) is 4. The van der Waals surface area contributed by atoms with Crippen molar-refractivity contribution in [2.45, 2.75) is 19.3 Å². The van der Waals surface area contributed by atoms with Gasteiger partial charge in [0, 0.05) is 43.7 Å². The number of piperidine rings is 1. The number of thiazole rings is 1. The van der Waals surface area contributed by atoms with Gasteiger partial charge in [-0.05, 0) is 18.8 Å². The number of hydrogen-bond donors (Lipinski definition) is 1. The number of aromatic nitrogens is 3. The van der Waals surface area contributed by atoms with Gasteiger partial charge < -0.3 is 10.6 Å². The van der Waals surface area contributed by atoms with E-state index in [4.69, 9.17) is 5.73 Å². The lowest BCUT2D eigenvalue weighted by Gasteiger charge is -2.31. The SMILES string of the molecule is Cn1cc(-c2nc(C(=O)N3CCCC(CC(N)=O)C3)cs2)cn1. The van der Waals surface area contributed by atoms with Crippen molar-refractivity contribution < 1.29 is 9.59 Å². The molecule has 1 aliphatic rings. The van der Waals surface area contributed by atoms with Crippen molar-refractivity contribution in [2.24, 2.45) is 18.7 Å². The predicted molar refractivity (Wildman–Crippen MR) is 86.8 cm³/mol. The summed E-state index contributed by atoms with van der Waals surface area (Å²) >= 11 is 1.43. The third-order valence-corrected chi connectivity index (χ3v) is 4.86. The first kappa shape index (κ1) is 15.7. The summed E-state index contributed by atoms with van der Waals surface area (Å²) in [6.45, 7) is 1.27. The number of amides is 2. The van der Waals surface area contributed by atoms with Gasteiger partial charge in [0.2, 0.25) is 5.91 Å². The molecule has 2 amide bonds. The van der Waals surface area contributed by atoms with Gasteiger partial charge in [0.25, 0.3) is 5.91 Å². The highest BCUT2D eigenvalue weighted by molar-refractivity contribution is 7.13. The molecule has 23 heavy (non-hydrogen) atoms. The summed E-state index contributed by atoms with van der Waals surface area (Å²) < 4.78 is 1.71. The van der Waals surface area contributed by atoms with Gasteiger partial charge in [-0.2, -0.15) is 5.10 Å². The molecule has 2 aromatic heterocycles. The van der Waals surface area contributed by atoms with Gasteiger partial charge in [-0.25, -0.2) is 4.98 Å². The fraction of sp³-hybridized carbons (Fsp3) is 0.467. The molecule has 1 unspecified atom stereocenters. The molecule has 3 rings (SSSR count). The highest BCUT2D eigenvalue weighted by Crippen LogP contribution is 2.25. The minimum Gasteiger partial charge on any atom is -0.370 e. The van der Waals surface area contributed by atoms with Gasteiger partial charge in [0.1, 0.15) is 10.7 Å². The number of primary amides is 1. The van der Waals surface area contributed by atoms with Crippen molar-refractivity contribution in [3.8, 4) is 10.6 Å². The lowest BCUT2D eigenvalue weighted by molar-refractivity contribution is -0.119. The minimum atomic E-state index is -0.308. The van der Waals surface area contributed by atoms with Crippen molar-refractivity contribution in [3.63, 3.8) is 0 Å². The maximum atomic E-state index is 12.6. The summed E-state index contributed by atoms with van der Waals surface area (Å²) in [5.74, 6) is -0.232. The van der Waals surface area contributed by atoms with Crippen LogP contribution >= 0.6 is 11.3 Å². The zero-order valence-electron chi connectivity index (χ0n) is 12.9. The number of rotatable bonds is 4.